The van der Waals surface area contributed by atoms with Crippen LogP contribution in [0.5, 0.6) is 5.75 Å². The molecular formula is C15H19NO. The van der Waals surface area contributed by atoms with Crippen molar-refractivity contribution in [3.05, 3.63) is 54.6 Å². The second-order valence-electron chi connectivity index (χ2n) is 3.22. The molecule has 2 aromatic rings. The lowest BCUT2D eigenvalue weighted by Gasteiger charge is -2.06. The van der Waals surface area contributed by atoms with Crippen LogP contribution in [0.15, 0.2) is 54.6 Å². The van der Waals surface area contributed by atoms with E-state index in [9.17, 15) is 0 Å². The van der Waals surface area contributed by atoms with Crippen LogP contribution in [0.3, 0.4) is 0 Å². The summed E-state index contributed by atoms with van der Waals surface area (Å²) in [6, 6.07) is 17.9. The molecular weight excluding hydrogens is 210 g/mol. The third-order valence-electron chi connectivity index (χ3n) is 2.15. The molecule has 0 saturated heterocycles. The number of benzene rings is 2. The standard InChI is InChI=1S/C13H13NO.C2H6/c1-15-13-9-7-12(8-10-13)14-11-5-3-2-4-6-11;1-2/h2-10,14H,1H3;1-2H3. The van der Waals surface area contributed by atoms with Crippen LogP contribution < -0.4 is 10.1 Å². The number of nitrogens with one attached hydrogen (secondary N) is 1. The molecule has 0 aliphatic heterocycles. The van der Waals surface area contributed by atoms with Gasteiger partial charge in [-0.2, -0.15) is 0 Å². The Labute approximate surface area is 103 Å². The minimum Gasteiger partial charge on any atom is -0.497 e. The Bertz CT molecular complexity index is 409. The minimum atomic E-state index is 0.869. The molecule has 90 valence electrons. The molecule has 0 bridgehead atoms. The van der Waals surface area contributed by atoms with E-state index in [1.54, 1.807) is 7.11 Å². The van der Waals surface area contributed by atoms with Crippen molar-refractivity contribution >= 4 is 11.4 Å². The molecule has 0 heterocycles. The topological polar surface area (TPSA) is 21.3 Å². The largest absolute Gasteiger partial charge is 0.497 e. The molecule has 2 rings (SSSR count). The first-order chi connectivity index (χ1) is 8.38. The van der Waals surface area contributed by atoms with Gasteiger partial charge in [-0.1, -0.05) is 32.0 Å². The molecule has 0 aliphatic carbocycles. The molecule has 2 aromatic carbocycles. The van der Waals surface area contributed by atoms with Gasteiger partial charge in [0.25, 0.3) is 0 Å². The smallest absolute Gasteiger partial charge is 0.119 e. The van der Waals surface area contributed by atoms with Gasteiger partial charge in [-0.15, -0.1) is 0 Å². The second-order valence-corrected chi connectivity index (χ2v) is 3.22. The fourth-order valence-electron chi connectivity index (χ4n) is 1.36. The Morgan fingerprint density at radius 3 is 1.82 bits per heavy atom. The maximum Gasteiger partial charge on any atom is 0.119 e. The van der Waals surface area contributed by atoms with E-state index in [0.29, 0.717) is 0 Å². The van der Waals surface area contributed by atoms with Gasteiger partial charge in [-0.3, -0.25) is 0 Å². The zero-order valence-corrected chi connectivity index (χ0v) is 10.6. The molecule has 0 fully saturated rings. The Balaban J connectivity index is 0.000000686. The zero-order chi connectivity index (χ0) is 12.5. The van der Waals surface area contributed by atoms with Gasteiger partial charge in [0.05, 0.1) is 7.11 Å². The van der Waals surface area contributed by atoms with Crippen LogP contribution in [0.1, 0.15) is 13.8 Å². The van der Waals surface area contributed by atoms with E-state index in [-0.39, 0.29) is 0 Å². The van der Waals surface area contributed by atoms with Gasteiger partial charge in [0.2, 0.25) is 0 Å². The Kier molecular flexibility index (Phi) is 5.66. The summed E-state index contributed by atoms with van der Waals surface area (Å²) in [6.45, 7) is 4.00. The third kappa shape index (κ3) is 4.19. The van der Waals surface area contributed by atoms with E-state index >= 15 is 0 Å². The van der Waals surface area contributed by atoms with E-state index in [4.69, 9.17) is 4.74 Å². The Morgan fingerprint density at radius 2 is 1.29 bits per heavy atom. The van der Waals surface area contributed by atoms with Crippen molar-refractivity contribution in [2.45, 2.75) is 13.8 Å². The van der Waals surface area contributed by atoms with Gasteiger partial charge >= 0.3 is 0 Å². The molecule has 0 aliphatic rings. The maximum atomic E-state index is 5.09. The molecule has 0 radical (unpaired) electrons. The number of methoxy groups -OCH3 is 1. The number of hydrogen-bond acceptors (Lipinski definition) is 2. The van der Waals surface area contributed by atoms with Gasteiger partial charge in [0.15, 0.2) is 0 Å². The molecule has 2 heteroatoms. The van der Waals surface area contributed by atoms with Crippen molar-refractivity contribution in [2.24, 2.45) is 0 Å². The Hall–Kier alpha value is -1.96. The molecule has 0 spiro atoms. The molecule has 1 N–H and O–H groups in total. The fraction of sp³-hybridized carbons (Fsp3) is 0.200. The van der Waals surface area contributed by atoms with E-state index < -0.39 is 0 Å². The van der Waals surface area contributed by atoms with Crippen LogP contribution in [-0.4, -0.2) is 7.11 Å². The van der Waals surface area contributed by atoms with Crippen molar-refractivity contribution in [1.82, 2.24) is 0 Å². The SMILES string of the molecule is CC.COc1ccc(Nc2ccccc2)cc1. The summed E-state index contributed by atoms with van der Waals surface area (Å²) >= 11 is 0. The second kappa shape index (κ2) is 7.34. The minimum absolute atomic E-state index is 0.869. The Morgan fingerprint density at radius 1 is 0.765 bits per heavy atom. The molecule has 0 amide bonds. The highest BCUT2D eigenvalue weighted by Gasteiger charge is 1.94. The van der Waals surface area contributed by atoms with Crippen molar-refractivity contribution in [2.75, 3.05) is 12.4 Å². The van der Waals surface area contributed by atoms with Crippen LogP contribution in [0.25, 0.3) is 0 Å². The quantitative estimate of drug-likeness (QED) is 0.838. The van der Waals surface area contributed by atoms with Crippen molar-refractivity contribution < 1.29 is 4.74 Å². The molecule has 0 unspecified atom stereocenters. The van der Waals surface area contributed by atoms with E-state index in [2.05, 4.69) is 5.32 Å². The predicted molar refractivity (Wildman–Crippen MR) is 74.1 cm³/mol. The highest BCUT2D eigenvalue weighted by atomic mass is 16.5. The number of para-hydroxylation sites is 1. The first-order valence-electron chi connectivity index (χ1n) is 5.84. The van der Waals surface area contributed by atoms with Gasteiger partial charge in [0.1, 0.15) is 5.75 Å². The first kappa shape index (κ1) is 13.1. The molecule has 0 aromatic heterocycles. The summed E-state index contributed by atoms with van der Waals surface area (Å²) in [5, 5.41) is 3.30. The highest BCUT2D eigenvalue weighted by molar-refractivity contribution is 5.59. The average molecular weight is 229 g/mol. The van der Waals surface area contributed by atoms with Crippen LogP contribution >= 0.6 is 0 Å². The summed E-state index contributed by atoms with van der Waals surface area (Å²) in [7, 11) is 1.67. The average Bonchev–Trinajstić information content (AvgIpc) is 2.43. The maximum absolute atomic E-state index is 5.09. The van der Waals surface area contributed by atoms with E-state index in [1.807, 2.05) is 68.4 Å². The third-order valence-corrected chi connectivity index (χ3v) is 2.15. The van der Waals surface area contributed by atoms with Gasteiger partial charge in [-0.05, 0) is 36.4 Å². The highest BCUT2D eigenvalue weighted by Crippen LogP contribution is 2.19. The zero-order valence-electron chi connectivity index (χ0n) is 10.6. The van der Waals surface area contributed by atoms with Gasteiger partial charge < -0.3 is 10.1 Å². The van der Waals surface area contributed by atoms with Crippen molar-refractivity contribution in [1.29, 1.82) is 0 Å². The molecule has 0 atom stereocenters. The molecule has 2 nitrogen and oxygen atoms in total. The number of anilines is 2. The normalized spacial score (nSPS) is 8.88. The first-order valence-corrected chi connectivity index (χ1v) is 5.84. The summed E-state index contributed by atoms with van der Waals surface area (Å²) < 4.78 is 5.09. The van der Waals surface area contributed by atoms with Gasteiger partial charge in [0, 0.05) is 11.4 Å². The monoisotopic (exact) mass is 229 g/mol. The lowest BCUT2D eigenvalue weighted by atomic mass is 10.2. The lowest BCUT2D eigenvalue weighted by Crippen LogP contribution is -1.89. The van der Waals surface area contributed by atoms with Crippen LogP contribution in [0, 0.1) is 0 Å². The van der Waals surface area contributed by atoms with Crippen LogP contribution in [0.4, 0.5) is 11.4 Å². The number of hydrogen-bond donors (Lipinski definition) is 1. The fourth-order valence-corrected chi connectivity index (χ4v) is 1.36. The van der Waals surface area contributed by atoms with Crippen molar-refractivity contribution in [3.8, 4) is 5.75 Å². The summed E-state index contributed by atoms with van der Waals surface area (Å²) in [4.78, 5) is 0. The molecule has 0 saturated carbocycles. The number of ether oxygens (including phenoxy) is 1. The predicted octanol–water partition coefficient (Wildman–Crippen LogP) is 4.47. The number of rotatable bonds is 3. The summed E-state index contributed by atoms with van der Waals surface area (Å²) in [5.74, 6) is 0.869. The van der Waals surface area contributed by atoms with Gasteiger partial charge in [-0.25, -0.2) is 0 Å². The summed E-state index contributed by atoms with van der Waals surface area (Å²) in [6.07, 6.45) is 0. The van der Waals surface area contributed by atoms with E-state index in [0.717, 1.165) is 17.1 Å². The van der Waals surface area contributed by atoms with Crippen LogP contribution in [0.2, 0.25) is 0 Å². The van der Waals surface area contributed by atoms with Crippen molar-refractivity contribution in [3.63, 3.8) is 0 Å². The lowest BCUT2D eigenvalue weighted by molar-refractivity contribution is 0.415. The van der Waals surface area contributed by atoms with E-state index in [1.165, 1.54) is 0 Å². The summed E-state index contributed by atoms with van der Waals surface area (Å²) in [5.41, 5.74) is 2.14. The molecule has 17 heavy (non-hydrogen) atoms. The van der Waals surface area contributed by atoms with Crippen LogP contribution in [-0.2, 0) is 0 Å².